The summed E-state index contributed by atoms with van der Waals surface area (Å²) >= 11 is 0. The standard InChI is InChI=1S/C20H38N4O2.HI/c1-8-21-19(22-11-9-10-12-24(7)15(2)3)23-14-20(6,25)18-13-16(4)26-17(18)5;/h13,15,25H,8-12,14H2,1-7H3,(H2,21,22,23);1H. The lowest BCUT2D eigenvalue weighted by molar-refractivity contribution is 0.0657. The van der Waals surface area contributed by atoms with Crippen molar-refractivity contribution in [1.82, 2.24) is 15.5 Å². The van der Waals surface area contributed by atoms with Crippen LogP contribution in [0, 0.1) is 13.8 Å². The van der Waals surface area contributed by atoms with Gasteiger partial charge in [0.05, 0.1) is 6.54 Å². The molecule has 6 nitrogen and oxygen atoms in total. The van der Waals surface area contributed by atoms with Crippen molar-refractivity contribution in [2.45, 2.75) is 66.0 Å². The fraction of sp³-hybridized carbons (Fsp3) is 0.750. The number of hydrogen-bond donors (Lipinski definition) is 3. The molecule has 1 unspecified atom stereocenters. The van der Waals surface area contributed by atoms with Crippen LogP contribution in [0.15, 0.2) is 15.5 Å². The molecular formula is C20H39IN4O2. The molecule has 3 N–H and O–H groups in total. The Kier molecular flexibility index (Phi) is 12.2. The van der Waals surface area contributed by atoms with Crippen molar-refractivity contribution in [2.75, 3.05) is 33.2 Å². The van der Waals surface area contributed by atoms with Crippen LogP contribution in [-0.4, -0.2) is 55.2 Å². The first kappa shape index (κ1) is 26.2. The van der Waals surface area contributed by atoms with E-state index < -0.39 is 5.60 Å². The van der Waals surface area contributed by atoms with Gasteiger partial charge in [0, 0.05) is 24.7 Å². The summed E-state index contributed by atoms with van der Waals surface area (Å²) in [6.45, 7) is 15.0. The molecule has 27 heavy (non-hydrogen) atoms. The molecule has 1 rings (SSSR count). The Balaban J connectivity index is 0.00000676. The molecule has 1 atom stereocenters. The maximum absolute atomic E-state index is 10.8. The Morgan fingerprint density at radius 2 is 1.96 bits per heavy atom. The highest BCUT2D eigenvalue weighted by Gasteiger charge is 2.27. The van der Waals surface area contributed by atoms with Gasteiger partial charge < -0.3 is 25.1 Å². The van der Waals surface area contributed by atoms with Crippen LogP contribution in [0.1, 0.15) is 57.6 Å². The van der Waals surface area contributed by atoms with Crippen molar-refractivity contribution in [2.24, 2.45) is 4.99 Å². The molecule has 0 saturated heterocycles. The van der Waals surface area contributed by atoms with E-state index in [0.29, 0.717) is 6.04 Å². The third-order valence-corrected chi connectivity index (χ3v) is 4.62. The molecule has 0 saturated carbocycles. The molecule has 7 heteroatoms. The Morgan fingerprint density at radius 1 is 1.30 bits per heavy atom. The minimum Gasteiger partial charge on any atom is -0.466 e. The van der Waals surface area contributed by atoms with Gasteiger partial charge in [0.15, 0.2) is 5.96 Å². The van der Waals surface area contributed by atoms with Gasteiger partial charge in [-0.3, -0.25) is 0 Å². The smallest absolute Gasteiger partial charge is 0.191 e. The number of guanidine groups is 1. The number of furan rings is 1. The van der Waals surface area contributed by atoms with Gasteiger partial charge in [-0.1, -0.05) is 0 Å². The summed E-state index contributed by atoms with van der Waals surface area (Å²) in [5.74, 6) is 2.29. The summed E-state index contributed by atoms with van der Waals surface area (Å²) in [6, 6.07) is 2.47. The number of unbranched alkanes of at least 4 members (excludes halogenated alkanes) is 1. The Morgan fingerprint density at radius 3 is 2.48 bits per heavy atom. The first-order chi connectivity index (χ1) is 12.2. The van der Waals surface area contributed by atoms with E-state index in [2.05, 4.69) is 41.4 Å². The molecule has 0 amide bonds. The van der Waals surface area contributed by atoms with E-state index in [4.69, 9.17) is 4.42 Å². The van der Waals surface area contributed by atoms with Gasteiger partial charge in [0.25, 0.3) is 0 Å². The van der Waals surface area contributed by atoms with Crippen LogP contribution in [0.3, 0.4) is 0 Å². The number of hydrogen-bond acceptors (Lipinski definition) is 4. The normalized spacial score (nSPS) is 14.2. The van der Waals surface area contributed by atoms with E-state index in [9.17, 15) is 5.11 Å². The van der Waals surface area contributed by atoms with Crippen LogP contribution >= 0.6 is 24.0 Å². The lowest BCUT2D eigenvalue weighted by Gasteiger charge is -2.22. The summed E-state index contributed by atoms with van der Waals surface area (Å²) in [5.41, 5.74) is -0.254. The zero-order valence-corrected chi connectivity index (χ0v) is 20.4. The van der Waals surface area contributed by atoms with Crippen LogP contribution in [-0.2, 0) is 5.60 Å². The van der Waals surface area contributed by atoms with Crippen LogP contribution in [0.2, 0.25) is 0 Å². The van der Waals surface area contributed by atoms with Gasteiger partial charge in [-0.2, -0.15) is 0 Å². The molecular weight excluding hydrogens is 455 g/mol. The largest absolute Gasteiger partial charge is 0.466 e. The molecule has 0 aromatic carbocycles. The highest BCUT2D eigenvalue weighted by atomic mass is 127. The number of halogens is 1. The molecule has 0 aliphatic rings. The van der Waals surface area contributed by atoms with Gasteiger partial charge >= 0.3 is 0 Å². The molecule has 1 heterocycles. The predicted molar refractivity (Wildman–Crippen MR) is 124 cm³/mol. The van der Waals surface area contributed by atoms with Gasteiger partial charge in [-0.15, -0.1) is 24.0 Å². The highest BCUT2D eigenvalue weighted by Crippen LogP contribution is 2.27. The Hall–Kier alpha value is -0.800. The van der Waals surface area contributed by atoms with Crippen LogP contribution < -0.4 is 10.6 Å². The second-order valence-electron chi connectivity index (χ2n) is 7.50. The summed E-state index contributed by atoms with van der Waals surface area (Å²) < 4.78 is 5.54. The Bertz CT molecular complexity index is 570. The lowest BCUT2D eigenvalue weighted by atomic mass is 9.96. The summed E-state index contributed by atoms with van der Waals surface area (Å²) in [7, 11) is 2.16. The predicted octanol–water partition coefficient (Wildman–Crippen LogP) is 3.40. The highest BCUT2D eigenvalue weighted by molar-refractivity contribution is 14.0. The van der Waals surface area contributed by atoms with Crippen molar-refractivity contribution < 1.29 is 9.52 Å². The average Bonchev–Trinajstić information content (AvgIpc) is 2.91. The SMILES string of the molecule is CCNC(=NCC(C)(O)c1cc(C)oc1C)NCCCCN(C)C(C)C.I. The number of rotatable bonds is 10. The second-order valence-corrected chi connectivity index (χ2v) is 7.50. The maximum atomic E-state index is 10.8. The van der Waals surface area contributed by atoms with Crippen molar-refractivity contribution in [3.63, 3.8) is 0 Å². The average molecular weight is 494 g/mol. The third kappa shape index (κ3) is 9.30. The zero-order valence-electron chi connectivity index (χ0n) is 18.1. The number of nitrogens with one attached hydrogen (secondary N) is 2. The van der Waals surface area contributed by atoms with Gasteiger partial charge in [0.2, 0.25) is 0 Å². The fourth-order valence-electron chi connectivity index (χ4n) is 2.78. The molecule has 0 bridgehead atoms. The fourth-order valence-corrected chi connectivity index (χ4v) is 2.78. The minimum absolute atomic E-state index is 0. The van der Waals surface area contributed by atoms with E-state index in [-0.39, 0.29) is 30.5 Å². The summed E-state index contributed by atoms with van der Waals surface area (Å²) in [6.07, 6.45) is 2.23. The van der Waals surface area contributed by atoms with E-state index in [1.54, 1.807) is 6.92 Å². The van der Waals surface area contributed by atoms with Crippen LogP contribution in [0.25, 0.3) is 0 Å². The molecule has 0 spiro atoms. The van der Waals surface area contributed by atoms with Crippen molar-refractivity contribution in [1.29, 1.82) is 0 Å². The molecule has 0 aliphatic heterocycles. The molecule has 0 radical (unpaired) electrons. The first-order valence-corrected chi connectivity index (χ1v) is 9.69. The number of aliphatic imine (C=N–C) groups is 1. The van der Waals surface area contributed by atoms with Crippen molar-refractivity contribution in [3.8, 4) is 0 Å². The topological polar surface area (TPSA) is 73.0 Å². The molecule has 0 fully saturated rings. The van der Waals surface area contributed by atoms with Gasteiger partial charge in [-0.05, 0) is 74.0 Å². The summed E-state index contributed by atoms with van der Waals surface area (Å²) in [4.78, 5) is 6.92. The van der Waals surface area contributed by atoms with E-state index in [1.807, 2.05) is 26.8 Å². The monoisotopic (exact) mass is 494 g/mol. The number of nitrogens with zero attached hydrogens (tertiary/aromatic N) is 2. The quantitative estimate of drug-likeness (QED) is 0.201. The minimum atomic E-state index is -1.05. The third-order valence-electron chi connectivity index (χ3n) is 4.62. The van der Waals surface area contributed by atoms with E-state index in [0.717, 1.165) is 55.5 Å². The van der Waals surface area contributed by atoms with Crippen molar-refractivity contribution >= 4 is 29.9 Å². The maximum Gasteiger partial charge on any atom is 0.191 e. The zero-order chi connectivity index (χ0) is 19.7. The van der Waals surface area contributed by atoms with E-state index >= 15 is 0 Å². The molecule has 158 valence electrons. The first-order valence-electron chi connectivity index (χ1n) is 9.69. The van der Waals surface area contributed by atoms with Crippen LogP contribution in [0.4, 0.5) is 0 Å². The number of aliphatic hydroxyl groups is 1. The summed E-state index contributed by atoms with van der Waals surface area (Å²) in [5, 5.41) is 17.4. The van der Waals surface area contributed by atoms with Gasteiger partial charge in [0.1, 0.15) is 17.1 Å². The molecule has 0 aliphatic carbocycles. The van der Waals surface area contributed by atoms with E-state index in [1.165, 1.54) is 0 Å². The lowest BCUT2D eigenvalue weighted by Crippen LogP contribution is -2.39. The van der Waals surface area contributed by atoms with Gasteiger partial charge in [-0.25, -0.2) is 4.99 Å². The second kappa shape index (κ2) is 12.6. The number of aryl methyl sites for hydroxylation is 2. The Labute approximate surface area is 182 Å². The molecule has 1 aromatic rings. The van der Waals surface area contributed by atoms with Crippen molar-refractivity contribution in [3.05, 3.63) is 23.2 Å². The molecule has 1 aromatic heterocycles. The van der Waals surface area contributed by atoms with Crippen LogP contribution in [0.5, 0.6) is 0 Å².